The van der Waals surface area contributed by atoms with Crippen LogP contribution < -0.4 is 11.2 Å². The van der Waals surface area contributed by atoms with Crippen LogP contribution in [-0.4, -0.2) is 24.9 Å². The van der Waals surface area contributed by atoms with Gasteiger partial charge in [-0.3, -0.25) is 14.3 Å². The number of imidazole rings is 1. The highest BCUT2D eigenvalue weighted by molar-refractivity contribution is 7.99. The van der Waals surface area contributed by atoms with Crippen molar-refractivity contribution < 1.29 is 0 Å². The lowest BCUT2D eigenvalue weighted by molar-refractivity contribution is 0.630. The SMILES string of the molecule is CC=CCn1c(SCCC(C)C)nc2c1c(=O)[nH]c(=O)n2C. The highest BCUT2D eigenvalue weighted by Gasteiger charge is 2.16. The smallest absolute Gasteiger partial charge is 0.309 e. The number of rotatable bonds is 6. The first kappa shape index (κ1) is 16.6. The molecule has 22 heavy (non-hydrogen) atoms. The maximum Gasteiger partial charge on any atom is 0.329 e. The minimum absolute atomic E-state index is 0.384. The molecule has 0 aliphatic rings. The predicted molar refractivity (Wildman–Crippen MR) is 90.6 cm³/mol. The summed E-state index contributed by atoms with van der Waals surface area (Å²) in [6.45, 7) is 6.86. The zero-order valence-corrected chi connectivity index (χ0v) is 14.2. The van der Waals surface area contributed by atoms with Crippen molar-refractivity contribution in [1.82, 2.24) is 19.1 Å². The highest BCUT2D eigenvalue weighted by atomic mass is 32.2. The first-order valence-electron chi connectivity index (χ1n) is 7.39. The number of H-pyrrole nitrogens is 1. The van der Waals surface area contributed by atoms with E-state index >= 15 is 0 Å². The summed E-state index contributed by atoms with van der Waals surface area (Å²) in [6, 6.07) is 0. The Labute approximate surface area is 133 Å². The fourth-order valence-corrected chi connectivity index (χ4v) is 3.34. The van der Waals surface area contributed by atoms with E-state index in [-0.39, 0.29) is 5.56 Å². The van der Waals surface area contributed by atoms with Gasteiger partial charge in [-0.25, -0.2) is 9.78 Å². The second-order valence-corrected chi connectivity index (χ2v) is 6.66. The number of hydrogen-bond donors (Lipinski definition) is 1. The van der Waals surface area contributed by atoms with Gasteiger partial charge in [-0.15, -0.1) is 0 Å². The Morgan fingerprint density at radius 3 is 2.73 bits per heavy atom. The minimum Gasteiger partial charge on any atom is -0.309 e. The zero-order valence-electron chi connectivity index (χ0n) is 13.4. The Bertz CT molecular complexity index is 798. The molecule has 0 amide bonds. The third kappa shape index (κ3) is 3.35. The van der Waals surface area contributed by atoms with Crippen molar-refractivity contribution in [2.45, 2.75) is 38.9 Å². The predicted octanol–water partition coefficient (Wildman–Crippen LogP) is 2.14. The number of nitrogens with zero attached hydrogens (tertiary/aromatic N) is 3. The Kier molecular flexibility index (Phi) is 5.28. The minimum atomic E-state index is -0.438. The van der Waals surface area contributed by atoms with Crippen LogP contribution >= 0.6 is 11.8 Å². The summed E-state index contributed by atoms with van der Waals surface area (Å²) in [5.41, 5.74) is 0.0651. The maximum atomic E-state index is 12.2. The molecule has 0 aliphatic heterocycles. The van der Waals surface area contributed by atoms with Gasteiger partial charge in [0.25, 0.3) is 5.56 Å². The first-order chi connectivity index (χ1) is 10.5. The molecule has 0 aliphatic carbocycles. The van der Waals surface area contributed by atoms with Crippen molar-refractivity contribution >= 4 is 22.9 Å². The molecule has 0 saturated carbocycles. The van der Waals surface area contributed by atoms with Gasteiger partial charge in [0.15, 0.2) is 16.3 Å². The zero-order chi connectivity index (χ0) is 16.3. The molecular formula is C15H22N4O2S. The Morgan fingerprint density at radius 1 is 1.36 bits per heavy atom. The molecule has 7 heteroatoms. The van der Waals surface area contributed by atoms with E-state index in [4.69, 9.17) is 0 Å². The Hall–Kier alpha value is -1.76. The van der Waals surface area contributed by atoms with Gasteiger partial charge in [0.1, 0.15) is 0 Å². The van der Waals surface area contributed by atoms with Gasteiger partial charge < -0.3 is 4.57 Å². The lowest BCUT2D eigenvalue weighted by Gasteiger charge is -2.06. The van der Waals surface area contributed by atoms with Gasteiger partial charge in [-0.05, 0) is 19.3 Å². The normalized spacial score (nSPS) is 12.0. The summed E-state index contributed by atoms with van der Waals surface area (Å²) in [5.74, 6) is 1.55. The monoisotopic (exact) mass is 322 g/mol. The summed E-state index contributed by atoms with van der Waals surface area (Å²) in [7, 11) is 1.62. The second-order valence-electron chi connectivity index (χ2n) is 5.60. The van der Waals surface area contributed by atoms with Gasteiger partial charge in [-0.1, -0.05) is 37.8 Å². The Morgan fingerprint density at radius 2 is 2.09 bits per heavy atom. The van der Waals surface area contributed by atoms with Crippen LogP contribution in [0.25, 0.3) is 11.2 Å². The third-order valence-electron chi connectivity index (χ3n) is 3.42. The van der Waals surface area contributed by atoms with E-state index in [1.165, 1.54) is 4.57 Å². The van der Waals surface area contributed by atoms with Crippen molar-refractivity contribution in [3.05, 3.63) is 33.0 Å². The van der Waals surface area contributed by atoms with Crippen molar-refractivity contribution in [3.63, 3.8) is 0 Å². The molecule has 6 nitrogen and oxygen atoms in total. The quantitative estimate of drug-likeness (QED) is 0.653. The fraction of sp³-hybridized carbons (Fsp3) is 0.533. The molecular weight excluding hydrogens is 300 g/mol. The van der Waals surface area contributed by atoms with Gasteiger partial charge in [0.05, 0.1) is 0 Å². The average Bonchev–Trinajstić information content (AvgIpc) is 2.81. The van der Waals surface area contributed by atoms with Crippen molar-refractivity contribution in [1.29, 1.82) is 0 Å². The summed E-state index contributed by atoms with van der Waals surface area (Å²) < 4.78 is 3.26. The van der Waals surface area contributed by atoms with E-state index in [1.54, 1.807) is 18.8 Å². The topological polar surface area (TPSA) is 72.7 Å². The van der Waals surface area contributed by atoms with Gasteiger partial charge in [0.2, 0.25) is 0 Å². The summed E-state index contributed by atoms with van der Waals surface area (Å²) in [5, 5.41) is 0.778. The average molecular weight is 322 g/mol. The number of aryl methyl sites for hydroxylation is 1. The molecule has 1 N–H and O–H groups in total. The number of fused-ring (bicyclic) bond motifs is 1. The molecule has 0 atom stereocenters. The van der Waals surface area contributed by atoms with Crippen LogP contribution in [0.15, 0.2) is 26.9 Å². The lowest BCUT2D eigenvalue weighted by Crippen LogP contribution is -2.29. The number of allylic oxidation sites excluding steroid dienone is 2. The lowest BCUT2D eigenvalue weighted by atomic mass is 10.2. The van der Waals surface area contributed by atoms with Crippen LogP contribution in [0, 0.1) is 5.92 Å². The molecule has 0 radical (unpaired) electrons. The summed E-state index contributed by atoms with van der Waals surface area (Å²) >= 11 is 1.62. The van der Waals surface area contributed by atoms with E-state index in [9.17, 15) is 9.59 Å². The molecule has 0 spiro atoms. The number of thioether (sulfide) groups is 1. The molecule has 120 valence electrons. The van der Waals surface area contributed by atoms with Crippen LogP contribution in [0.1, 0.15) is 27.2 Å². The van der Waals surface area contributed by atoms with E-state index in [1.807, 2.05) is 23.6 Å². The van der Waals surface area contributed by atoms with Gasteiger partial charge >= 0.3 is 5.69 Å². The number of aromatic amines is 1. The van der Waals surface area contributed by atoms with E-state index in [0.717, 1.165) is 17.3 Å². The third-order valence-corrected chi connectivity index (χ3v) is 4.43. The van der Waals surface area contributed by atoms with Crippen LogP contribution in [0.5, 0.6) is 0 Å². The van der Waals surface area contributed by atoms with Crippen LogP contribution in [-0.2, 0) is 13.6 Å². The second kappa shape index (κ2) is 7.00. The maximum absolute atomic E-state index is 12.2. The molecule has 2 aromatic rings. The highest BCUT2D eigenvalue weighted by Crippen LogP contribution is 2.23. The molecule has 2 rings (SSSR count). The molecule has 0 bridgehead atoms. The number of nitrogens with one attached hydrogen (secondary N) is 1. The van der Waals surface area contributed by atoms with E-state index in [0.29, 0.717) is 23.6 Å². The number of aromatic nitrogens is 4. The largest absolute Gasteiger partial charge is 0.329 e. The molecule has 0 aromatic carbocycles. The van der Waals surface area contributed by atoms with Crippen LogP contribution in [0.2, 0.25) is 0 Å². The summed E-state index contributed by atoms with van der Waals surface area (Å²) in [4.78, 5) is 30.8. The summed E-state index contributed by atoms with van der Waals surface area (Å²) in [6.07, 6.45) is 4.98. The first-order valence-corrected chi connectivity index (χ1v) is 8.37. The van der Waals surface area contributed by atoms with E-state index < -0.39 is 5.69 Å². The van der Waals surface area contributed by atoms with Crippen molar-refractivity contribution in [2.75, 3.05) is 5.75 Å². The molecule has 0 fully saturated rings. The van der Waals surface area contributed by atoms with Gasteiger partial charge in [-0.2, -0.15) is 0 Å². The van der Waals surface area contributed by atoms with E-state index in [2.05, 4.69) is 23.8 Å². The van der Waals surface area contributed by atoms with Crippen LogP contribution in [0.3, 0.4) is 0 Å². The Balaban J connectivity index is 2.54. The van der Waals surface area contributed by atoms with Gasteiger partial charge in [0, 0.05) is 19.3 Å². The van der Waals surface area contributed by atoms with Crippen molar-refractivity contribution in [2.24, 2.45) is 13.0 Å². The number of hydrogen-bond acceptors (Lipinski definition) is 4. The molecule has 0 saturated heterocycles. The van der Waals surface area contributed by atoms with Crippen molar-refractivity contribution in [3.8, 4) is 0 Å². The molecule has 2 aromatic heterocycles. The van der Waals surface area contributed by atoms with Crippen LogP contribution in [0.4, 0.5) is 0 Å². The fourth-order valence-electron chi connectivity index (χ4n) is 2.09. The molecule has 2 heterocycles. The molecule has 0 unspecified atom stereocenters. The standard InChI is InChI=1S/C15H22N4O2S/c1-5-6-8-19-11-12(18(4)14(21)17-13(11)20)16-15(19)22-9-7-10(2)3/h5-6,10H,7-9H2,1-4H3,(H,17,20,21).